The van der Waals surface area contributed by atoms with E-state index in [2.05, 4.69) is 5.32 Å². The highest BCUT2D eigenvalue weighted by molar-refractivity contribution is 7.10. The van der Waals surface area contributed by atoms with Gasteiger partial charge < -0.3 is 10.2 Å². The number of carbonyl (C=O) groups excluding carboxylic acids is 2. The van der Waals surface area contributed by atoms with Crippen LogP contribution in [0.1, 0.15) is 33.8 Å². The Morgan fingerprint density at radius 1 is 1.04 bits per heavy atom. The average molecular weight is 378 g/mol. The lowest BCUT2D eigenvalue weighted by atomic mass is 10.1. The number of hydrogen-bond acceptors (Lipinski definition) is 3. The van der Waals surface area contributed by atoms with Crippen molar-refractivity contribution in [3.8, 4) is 0 Å². The van der Waals surface area contributed by atoms with Crippen molar-refractivity contribution in [1.82, 2.24) is 4.90 Å². The largest absolute Gasteiger partial charge is 0.339 e. The highest BCUT2D eigenvalue weighted by Gasteiger charge is 2.18. The summed E-state index contributed by atoms with van der Waals surface area (Å²) in [4.78, 5) is 27.7. The van der Waals surface area contributed by atoms with Gasteiger partial charge in [-0.2, -0.15) is 0 Å². The molecule has 27 heavy (non-hydrogen) atoms. The SMILES string of the molecule is C[C@@H](c1cccc(NC(=O)c2ccccc2)c1)N(C)C(=O)Cc1cccs1. The van der Waals surface area contributed by atoms with E-state index in [4.69, 9.17) is 0 Å². The predicted octanol–water partition coefficient (Wildman–Crippen LogP) is 4.76. The number of anilines is 1. The Labute approximate surface area is 163 Å². The zero-order valence-electron chi connectivity index (χ0n) is 15.4. The number of nitrogens with zero attached hydrogens (tertiary/aromatic N) is 1. The number of hydrogen-bond donors (Lipinski definition) is 1. The van der Waals surface area contributed by atoms with Gasteiger partial charge in [0.15, 0.2) is 0 Å². The van der Waals surface area contributed by atoms with E-state index in [1.54, 1.807) is 28.4 Å². The van der Waals surface area contributed by atoms with E-state index in [0.717, 1.165) is 10.4 Å². The van der Waals surface area contributed by atoms with Crippen molar-refractivity contribution in [2.45, 2.75) is 19.4 Å². The molecule has 1 N–H and O–H groups in total. The van der Waals surface area contributed by atoms with Gasteiger partial charge in [0.2, 0.25) is 5.91 Å². The third kappa shape index (κ3) is 4.83. The molecule has 0 unspecified atom stereocenters. The maximum absolute atomic E-state index is 12.5. The van der Waals surface area contributed by atoms with Gasteiger partial charge in [-0.1, -0.05) is 36.4 Å². The van der Waals surface area contributed by atoms with Crippen molar-refractivity contribution in [1.29, 1.82) is 0 Å². The molecule has 0 spiro atoms. The molecule has 3 aromatic rings. The molecular weight excluding hydrogens is 356 g/mol. The molecule has 0 saturated carbocycles. The van der Waals surface area contributed by atoms with Crippen molar-refractivity contribution in [2.24, 2.45) is 0 Å². The molecule has 0 radical (unpaired) electrons. The average Bonchev–Trinajstić information content (AvgIpc) is 3.20. The normalized spacial score (nSPS) is 11.6. The van der Waals surface area contributed by atoms with Crippen LogP contribution in [-0.4, -0.2) is 23.8 Å². The van der Waals surface area contributed by atoms with Gasteiger partial charge in [0, 0.05) is 23.2 Å². The van der Waals surface area contributed by atoms with Crippen LogP contribution < -0.4 is 5.32 Å². The molecule has 3 rings (SSSR count). The number of amides is 2. The highest BCUT2D eigenvalue weighted by atomic mass is 32.1. The highest BCUT2D eigenvalue weighted by Crippen LogP contribution is 2.23. The van der Waals surface area contributed by atoms with Crippen LogP contribution in [-0.2, 0) is 11.2 Å². The number of rotatable bonds is 6. The van der Waals surface area contributed by atoms with E-state index in [1.807, 2.05) is 73.9 Å². The lowest BCUT2D eigenvalue weighted by molar-refractivity contribution is -0.131. The van der Waals surface area contributed by atoms with Gasteiger partial charge in [0.25, 0.3) is 5.91 Å². The fourth-order valence-corrected chi connectivity index (χ4v) is 3.49. The molecule has 0 aliphatic heterocycles. The van der Waals surface area contributed by atoms with Crippen LogP contribution in [0.3, 0.4) is 0 Å². The number of nitrogens with one attached hydrogen (secondary N) is 1. The van der Waals surface area contributed by atoms with E-state index in [1.165, 1.54) is 0 Å². The number of carbonyl (C=O) groups is 2. The van der Waals surface area contributed by atoms with Gasteiger partial charge in [-0.05, 0) is 48.2 Å². The summed E-state index contributed by atoms with van der Waals surface area (Å²) in [6.07, 6.45) is 0.406. The first-order chi connectivity index (χ1) is 13.0. The standard InChI is InChI=1S/C22H22N2O2S/c1-16(24(2)21(25)15-20-12-7-13-27-20)18-10-6-11-19(14-18)23-22(26)17-8-4-3-5-9-17/h3-14,16H,15H2,1-2H3,(H,23,26)/t16-/m0/s1. The van der Waals surface area contributed by atoms with Crippen molar-refractivity contribution in [2.75, 3.05) is 12.4 Å². The minimum Gasteiger partial charge on any atom is -0.339 e. The molecule has 1 atom stereocenters. The molecule has 1 heterocycles. The van der Waals surface area contributed by atoms with Crippen molar-refractivity contribution >= 4 is 28.8 Å². The Hall–Kier alpha value is -2.92. The van der Waals surface area contributed by atoms with E-state index >= 15 is 0 Å². The summed E-state index contributed by atoms with van der Waals surface area (Å²) < 4.78 is 0. The third-order valence-electron chi connectivity index (χ3n) is 4.54. The summed E-state index contributed by atoms with van der Waals surface area (Å²) in [5, 5.41) is 4.89. The predicted molar refractivity (Wildman–Crippen MR) is 110 cm³/mol. The zero-order chi connectivity index (χ0) is 19.2. The molecule has 2 amide bonds. The number of thiophene rings is 1. The number of benzene rings is 2. The summed E-state index contributed by atoms with van der Waals surface area (Å²) in [6.45, 7) is 1.99. The van der Waals surface area contributed by atoms with E-state index in [-0.39, 0.29) is 17.9 Å². The topological polar surface area (TPSA) is 49.4 Å². The molecule has 0 saturated heterocycles. The molecule has 0 aliphatic carbocycles. The molecule has 138 valence electrons. The Balaban J connectivity index is 1.68. The smallest absolute Gasteiger partial charge is 0.255 e. The van der Waals surface area contributed by atoms with Crippen LogP contribution in [0.5, 0.6) is 0 Å². The molecule has 0 fully saturated rings. The van der Waals surface area contributed by atoms with Crippen molar-refractivity contribution in [3.63, 3.8) is 0 Å². The maximum atomic E-state index is 12.5. The Bertz CT molecular complexity index is 907. The third-order valence-corrected chi connectivity index (χ3v) is 5.42. The van der Waals surface area contributed by atoms with Crippen LogP contribution in [0.25, 0.3) is 0 Å². The van der Waals surface area contributed by atoms with E-state index in [0.29, 0.717) is 17.7 Å². The minimum atomic E-state index is -0.150. The maximum Gasteiger partial charge on any atom is 0.255 e. The summed E-state index contributed by atoms with van der Waals surface area (Å²) in [5.74, 6) is -0.0776. The van der Waals surface area contributed by atoms with Crippen LogP contribution >= 0.6 is 11.3 Å². The molecule has 0 bridgehead atoms. The second-order valence-corrected chi connectivity index (χ2v) is 7.41. The van der Waals surface area contributed by atoms with Gasteiger partial charge in [-0.15, -0.1) is 11.3 Å². The van der Waals surface area contributed by atoms with Crippen LogP contribution in [0.4, 0.5) is 5.69 Å². The first-order valence-corrected chi connectivity index (χ1v) is 9.67. The summed E-state index contributed by atoms with van der Waals surface area (Å²) in [7, 11) is 1.82. The molecule has 1 aromatic heterocycles. The Morgan fingerprint density at radius 3 is 2.52 bits per heavy atom. The van der Waals surface area contributed by atoms with Crippen LogP contribution in [0.15, 0.2) is 72.1 Å². The van der Waals surface area contributed by atoms with Crippen molar-refractivity contribution in [3.05, 3.63) is 88.1 Å². The Kier molecular flexibility index (Phi) is 6.04. The number of likely N-dealkylation sites (N-methyl/N-ethyl adjacent to an activating group) is 1. The first kappa shape index (κ1) is 18.9. The van der Waals surface area contributed by atoms with Gasteiger partial charge in [0.1, 0.15) is 0 Å². The molecule has 0 aliphatic rings. The second-order valence-electron chi connectivity index (χ2n) is 6.38. The summed E-state index contributed by atoms with van der Waals surface area (Å²) in [5.41, 5.74) is 2.30. The van der Waals surface area contributed by atoms with Crippen LogP contribution in [0, 0.1) is 0 Å². The van der Waals surface area contributed by atoms with E-state index in [9.17, 15) is 9.59 Å². The Morgan fingerprint density at radius 2 is 1.81 bits per heavy atom. The summed E-state index contributed by atoms with van der Waals surface area (Å²) in [6, 6.07) is 20.6. The molecule has 4 nitrogen and oxygen atoms in total. The first-order valence-electron chi connectivity index (χ1n) is 8.79. The lowest BCUT2D eigenvalue weighted by Gasteiger charge is -2.25. The van der Waals surface area contributed by atoms with Gasteiger partial charge in [0.05, 0.1) is 12.5 Å². The van der Waals surface area contributed by atoms with Gasteiger partial charge >= 0.3 is 0 Å². The monoisotopic (exact) mass is 378 g/mol. The van der Waals surface area contributed by atoms with E-state index < -0.39 is 0 Å². The molecule has 5 heteroatoms. The lowest BCUT2D eigenvalue weighted by Crippen LogP contribution is -2.30. The zero-order valence-corrected chi connectivity index (χ0v) is 16.2. The van der Waals surface area contributed by atoms with Crippen molar-refractivity contribution < 1.29 is 9.59 Å². The fraction of sp³-hybridized carbons (Fsp3) is 0.182. The molecule has 2 aromatic carbocycles. The second kappa shape index (κ2) is 8.64. The van der Waals surface area contributed by atoms with Gasteiger partial charge in [-0.3, -0.25) is 9.59 Å². The minimum absolute atomic E-state index is 0.0728. The molecular formula is C22H22N2O2S. The van der Waals surface area contributed by atoms with Crippen LogP contribution in [0.2, 0.25) is 0 Å². The quantitative estimate of drug-likeness (QED) is 0.672. The fourth-order valence-electron chi connectivity index (χ4n) is 2.80. The van der Waals surface area contributed by atoms with Gasteiger partial charge in [-0.25, -0.2) is 0 Å². The summed E-state index contributed by atoms with van der Waals surface area (Å²) >= 11 is 1.59.